The van der Waals surface area contributed by atoms with Gasteiger partial charge in [-0.15, -0.1) is 0 Å². The third kappa shape index (κ3) is 3.77. The Morgan fingerprint density at radius 3 is 2.34 bits per heavy atom. The van der Waals surface area contributed by atoms with Gasteiger partial charge in [-0.1, -0.05) is 13.8 Å². The van der Waals surface area contributed by atoms with Crippen molar-refractivity contribution in [2.24, 2.45) is 28.6 Å². The average Bonchev–Trinajstić information content (AvgIpc) is 3.19. The highest BCUT2D eigenvalue weighted by molar-refractivity contribution is 5.67. The van der Waals surface area contributed by atoms with Crippen LogP contribution in [0.1, 0.15) is 60.3 Å². The summed E-state index contributed by atoms with van der Waals surface area (Å²) >= 11 is 0. The molecule has 0 bridgehead atoms. The number of hydrogen-bond acceptors (Lipinski definition) is 9. The molecule has 3 heterocycles. The minimum atomic E-state index is -0.792. The van der Waals surface area contributed by atoms with Crippen LogP contribution >= 0.6 is 0 Å². The molecular formula is C26H36O9. The van der Waals surface area contributed by atoms with Crippen LogP contribution in [0.2, 0.25) is 0 Å². The lowest BCUT2D eigenvalue weighted by molar-refractivity contribution is -0.263. The quantitative estimate of drug-likeness (QED) is 0.325. The summed E-state index contributed by atoms with van der Waals surface area (Å²) in [4.78, 5) is 36.3. The number of esters is 3. The van der Waals surface area contributed by atoms with Gasteiger partial charge in [0, 0.05) is 38.5 Å². The van der Waals surface area contributed by atoms with Crippen molar-refractivity contribution in [1.82, 2.24) is 0 Å². The number of epoxide rings is 1. The molecule has 4 fully saturated rings. The van der Waals surface area contributed by atoms with E-state index in [4.69, 9.17) is 28.4 Å². The second-order valence-electron chi connectivity index (χ2n) is 11.3. The molecule has 2 aliphatic carbocycles. The normalized spacial score (nSPS) is 47.4. The first-order chi connectivity index (χ1) is 16.5. The highest BCUT2D eigenvalue weighted by atomic mass is 16.7. The van der Waals surface area contributed by atoms with E-state index < -0.39 is 28.5 Å². The fourth-order valence-corrected chi connectivity index (χ4v) is 7.73. The maximum Gasteiger partial charge on any atom is 0.302 e. The summed E-state index contributed by atoms with van der Waals surface area (Å²) in [5.74, 6) is -1.02. The van der Waals surface area contributed by atoms with E-state index in [9.17, 15) is 14.4 Å². The molecule has 0 aromatic rings. The second-order valence-corrected chi connectivity index (χ2v) is 11.3. The molecule has 2 saturated heterocycles. The molecule has 0 radical (unpaired) electrons. The molecule has 0 amide bonds. The standard InChI is InChI=1S/C26H36O9/c1-14-8-22(34-17(4)29)26(13-31-15(2)27)20(10-19(33-16(3)28)11-25(26)12-32-25)24(14,5)21-9-18-6-7-30-23(18)35-21/h6-7,14,18-23H,8-13H2,1-5H3. The third-order valence-electron chi connectivity index (χ3n) is 9.50. The van der Waals surface area contributed by atoms with Gasteiger partial charge in [0.25, 0.3) is 0 Å². The number of ether oxygens (including phenoxy) is 6. The molecule has 0 aromatic carbocycles. The largest absolute Gasteiger partial charge is 0.472 e. The van der Waals surface area contributed by atoms with E-state index in [1.165, 1.54) is 20.8 Å². The number of hydrogen-bond donors (Lipinski definition) is 0. The molecule has 35 heavy (non-hydrogen) atoms. The Morgan fingerprint density at radius 1 is 1.03 bits per heavy atom. The molecule has 10 unspecified atom stereocenters. The van der Waals surface area contributed by atoms with Gasteiger partial charge in [-0.3, -0.25) is 14.4 Å². The molecule has 0 aromatic heterocycles. The van der Waals surface area contributed by atoms with E-state index in [0.29, 0.717) is 25.9 Å². The zero-order valence-corrected chi connectivity index (χ0v) is 21.1. The third-order valence-corrected chi connectivity index (χ3v) is 9.50. The van der Waals surface area contributed by atoms with Gasteiger partial charge >= 0.3 is 17.9 Å². The van der Waals surface area contributed by atoms with Gasteiger partial charge in [0.15, 0.2) is 0 Å². The predicted octanol–water partition coefficient (Wildman–Crippen LogP) is 2.90. The maximum atomic E-state index is 12.3. The fraction of sp³-hybridized carbons (Fsp3) is 0.808. The first kappa shape index (κ1) is 24.6. The monoisotopic (exact) mass is 492 g/mol. The Labute approximate surface area is 205 Å². The summed E-state index contributed by atoms with van der Waals surface area (Å²) < 4.78 is 35.8. The topological polar surface area (TPSA) is 110 Å². The van der Waals surface area contributed by atoms with Crippen LogP contribution in [-0.4, -0.2) is 61.3 Å². The van der Waals surface area contributed by atoms with E-state index in [1.54, 1.807) is 6.26 Å². The molecule has 3 aliphatic heterocycles. The number of rotatable bonds is 5. The molecule has 2 saturated carbocycles. The van der Waals surface area contributed by atoms with Gasteiger partial charge in [0.1, 0.15) is 24.4 Å². The van der Waals surface area contributed by atoms with Crippen molar-refractivity contribution in [1.29, 1.82) is 0 Å². The zero-order valence-electron chi connectivity index (χ0n) is 21.1. The van der Waals surface area contributed by atoms with Gasteiger partial charge in [0.05, 0.1) is 24.4 Å². The second kappa shape index (κ2) is 8.47. The van der Waals surface area contributed by atoms with Crippen molar-refractivity contribution in [3.8, 4) is 0 Å². The minimum absolute atomic E-state index is 0.0655. The van der Waals surface area contributed by atoms with Crippen LogP contribution in [0.15, 0.2) is 12.3 Å². The van der Waals surface area contributed by atoms with Gasteiger partial charge in [-0.25, -0.2) is 0 Å². The Morgan fingerprint density at radius 2 is 1.74 bits per heavy atom. The highest BCUT2D eigenvalue weighted by Gasteiger charge is 2.78. The van der Waals surface area contributed by atoms with Gasteiger partial charge in [-0.2, -0.15) is 0 Å². The SMILES string of the molecule is CC(=O)OCC12C(OC(C)=O)CC(C)C(C)(C3CC4C=COC4O3)C1CC(OC(C)=O)CC21CO1. The average molecular weight is 493 g/mol. The molecule has 0 N–H and O–H groups in total. The summed E-state index contributed by atoms with van der Waals surface area (Å²) in [6, 6.07) is 0. The highest BCUT2D eigenvalue weighted by Crippen LogP contribution is 2.70. The molecule has 10 atom stereocenters. The van der Waals surface area contributed by atoms with Crippen molar-refractivity contribution in [2.45, 2.75) is 90.5 Å². The minimum Gasteiger partial charge on any atom is -0.472 e. The van der Waals surface area contributed by atoms with Crippen molar-refractivity contribution in [2.75, 3.05) is 13.2 Å². The smallest absolute Gasteiger partial charge is 0.302 e. The first-order valence-electron chi connectivity index (χ1n) is 12.6. The van der Waals surface area contributed by atoms with Crippen molar-refractivity contribution < 1.29 is 42.8 Å². The van der Waals surface area contributed by atoms with Crippen LogP contribution < -0.4 is 0 Å². The van der Waals surface area contributed by atoms with Crippen LogP contribution in [0.4, 0.5) is 0 Å². The summed E-state index contributed by atoms with van der Waals surface area (Å²) in [5, 5.41) is 0. The van der Waals surface area contributed by atoms with Crippen LogP contribution in [0.5, 0.6) is 0 Å². The molecule has 194 valence electrons. The van der Waals surface area contributed by atoms with E-state index in [0.717, 1.165) is 6.42 Å². The summed E-state index contributed by atoms with van der Waals surface area (Å²) in [7, 11) is 0. The summed E-state index contributed by atoms with van der Waals surface area (Å²) in [6.07, 6.45) is 4.83. The lowest BCUT2D eigenvalue weighted by Gasteiger charge is -2.64. The van der Waals surface area contributed by atoms with Crippen molar-refractivity contribution in [3.63, 3.8) is 0 Å². The first-order valence-corrected chi connectivity index (χ1v) is 12.6. The van der Waals surface area contributed by atoms with Gasteiger partial charge in [0.2, 0.25) is 6.29 Å². The van der Waals surface area contributed by atoms with E-state index in [1.807, 2.05) is 6.08 Å². The van der Waals surface area contributed by atoms with Gasteiger partial charge in [-0.05, 0) is 37.2 Å². The Kier molecular flexibility index (Phi) is 5.95. The maximum absolute atomic E-state index is 12.3. The van der Waals surface area contributed by atoms with E-state index >= 15 is 0 Å². The lowest BCUT2D eigenvalue weighted by atomic mass is 9.42. The molecular weight excluding hydrogens is 456 g/mol. The summed E-state index contributed by atoms with van der Waals surface area (Å²) in [6.45, 7) is 9.07. The van der Waals surface area contributed by atoms with Crippen molar-refractivity contribution in [3.05, 3.63) is 12.3 Å². The molecule has 1 spiro atoms. The molecule has 9 heteroatoms. The molecule has 5 aliphatic rings. The van der Waals surface area contributed by atoms with E-state index in [-0.39, 0.29) is 54.8 Å². The van der Waals surface area contributed by atoms with Crippen molar-refractivity contribution >= 4 is 17.9 Å². The number of carbonyl (C=O) groups excluding carboxylic acids is 3. The number of fused-ring (bicyclic) bond motifs is 3. The van der Waals surface area contributed by atoms with Crippen LogP contribution in [0.3, 0.4) is 0 Å². The zero-order chi connectivity index (χ0) is 25.2. The van der Waals surface area contributed by atoms with Crippen LogP contribution in [0.25, 0.3) is 0 Å². The molecule has 5 rings (SSSR count). The van der Waals surface area contributed by atoms with E-state index in [2.05, 4.69) is 13.8 Å². The van der Waals surface area contributed by atoms with Crippen LogP contribution in [0, 0.1) is 28.6 Å². The Bertz CT molecular complexity index is 926. The van der Waals surface area contributed by atoms with Gasteiger partial charge < -0.3 is 28.4 Å². The number of carbonyl (C=O) groups is 3. The molecule has 9 nitrogen and oxygen atoms in total. The Balaban J connectivity index is 1.61. The van der Waals surface area contributed by atoms with Crippen LogP contribution in [-0.2, 0) is 42.8 Å². The fourth-order valence-electron chi connectivity index (χ4n) is 7.73. The Hall–Kier alpha value is -2.13. The predicted molar refractivity (Wildman–Crippen MR) is 120 cm³/mol. The summed E-state index contributed by atoms with van der Waals surface area (Å²) in [5.41, 5.74) is -1.92. The lowest BCUT2D eigenvalue weighted by Crippen LogP contribution is -2.70.